The summed E-state index contributed by atoms with van der Waals surface area (Å²) < 4.78 is 10.7. The van der Waals surface area contributed by atoms with E-state index >= 15 is 0 Å². The summed E-state index contributed by atoms with van der Waals surface area (Å²) in [6, 6.07) is 13.1. The van der Waals surface area contributed by atoms with Crippen LogP contribution in [-0.2, 0) is 9.53 Å². The molecule has 0 aliphatic carbocycles. The first-order valence-electron chi connectivity index (χ1n) is 8.10. The number of ether oxygens (including phenoxy) is 2. The van der Waals surface area contributed by atoms with Crippen molar-refractivity contribution in [1.29, 1.82) is 0 Å². The Labute approximate surface area is 157 Å². The van der Waals surface area contributed by atoms with Gasteiger partial charge in [-0.25, -0.2) is 4.79 Å². The van der Waals surface area contributed by atoms with E-state index in [1.807, 2.05) is 31.2 Å². The number of halogens is 1. The van der Waals surface area contributed by atoms with E-state index in [9.17, 15) is 9.59 Å². The number of urea groups is 1. The van der Waals surface area contributed by atoms with Crippen LogP contribution < -0.4 is 15.8 Å². The maximum absolute atomic E-state index is 12.0. The molecular formula is C19H21ClN2O4. The molecule has 0 aliphatic rings. The predicted octanol–water partition coefficient (Wildman–Crippen LogP) is 3.37. The molecule has 0 bridgehead atoms. The van der Waals surface area contributed by atoms with Crippen molar-refractivity contribution in [2.24, 2.45) is 5.73 Å². The van der Waals surface area contributed by atoms with Crippen LogP contribution in [0.1, 0.15) is 23.6 Å². The molecule has 6 nitrogen and oxygen atoms in total. The van der Waals surface area contributed by atoms with Crippen molar-refractivity contribution < 1.29 is 19.1 Å². The lowest BCUT2D eigenvalue weighted by molar-refractivity contribution is -0.144. The van der Waals surface area contributed by atoms with Gasteiger partial charge in [-0.2, -0.15) is 0 Å². The van der Waals surface area contributed by atoms with Crippen molar-refractivity contribution in [3.05, 3.63) is 64.7 Å². The largest absolute Gasteiger partial charge is 0.490 e. The number of nitrogens with one attached hydrogen (secondary N) is 1. The molecule has 0 saturated heterocycles. The van der Waals surface area contributed by atoms with Crippen LogP contribution >= 0.6 is 11.6 Å². The molecule has 0 spiro atoms. The number of amides is 2. The van der Waals surface area contributed by atoms with Crippen molar-refractivity contribution in [3.8, 4) is 5.75 Å². The monoisotopic (exact) mass is 376 g/mol. The third-order valence-corrected chi connectivity index (χ3v) is 3.85. The first-order chi connectivity index (χ1) is 12.4. The molecule has 2 aromatic carbocycles. The summed E-state index contributed by atoms with van der Waals surface area (Å²) in [5, 5.41) is 3.09. The van der Waals surface area contributed by atoms with Crippen LogP contribution in [0.2, 0.25) is 5.02 Å². The van der Waals surface area contributed by atoms with Crippen LogP contribution in [0, 0.1) is 6.92 Å². The molecule has 2 rings (SSSR count). The summed E-state index contributed by atoms with van der Waals surface area (Å²) in [6.45, 7) is 2.34. The molecule has 0 fully saturated rings. The van der Waals surface area contributed by atoms with Crippen LogP contribution in [-0.4, -0.2) is 25.2 Å². The lowest BCUT2D eigenvalue weighted by atomic mass is 10.0. The van der Waals surface area contributed by atoms with Gasteiger partial charge in [0.25, 0.3) is 0 Å². The van der Waals surface area contributed by atoms with Gasteiger partial charge in [0, 0.05) is 5.02 Å². The van der Waals surface area contributed by atoms with Gasteiger partial charge in [-0.1, -0.05) is 41.4 Å². The second-order valence-corrected chi connectivity index (χ2v) is 6.14. The summed E-state index contributed by atoms with van der Waals surface area (Å²) in [6.07, 6.45) is -0.0465. The third kappa shape index (κ3) is 6.64. The van der Waals surface area contributed by atoms with E-state index in [2.05, 4.69) is 5.32 Å². The second kappa shape index (κ2) is 9.68. The van der Waals surface area contributed by atoms with Crippen LogP contribution in [0.3, 0.4) is 0 Å². The molecule has 26 heavy (non-hydrogen) atoms. The summed E-state index contributed by atoms with van der Waals surface area (Å²) in [5.41, 5.74) is 7.03. The van der Waals surface area contributed by atoms with Crippen LogP contribution in [0.4, 0.5) is 4.79 Å². The second-order valence-electron chi connectivity index (χ2n) is 5.70. The first-order valence-corrected chi connectivity index (χ1v) is 8.48. The Morgan fingerprint density at radius 3 is 2.35 bits per heavy atom. The van der Waals surface area contributed by atoms with Gasteiger partial charge < -0.3 is 20.5 Å². The molecule has 0 aliphatic heterocycles. The minimum atomic E-state index is -0.722. The normalized spacial score (nSPS) is 11.5. The fraction of sp³-hybridized carbons (Fsp3) is 0.263. The van der Waals surface area contributed by atoms with E-state index in [4.69, 9.17) is 26.8 Å². The molecule has 7 heteroatoms. The number of primary amides is 1. The van der Waals surface area contributed by atoms with E-state index in [0.717, 1.165) is 5.56 Å². The molecule has 0 aromatic heterocycles. The number of rotatable bonds is 8. The number of carbonyl (C=O) groups excluding carboxylic acids is 2. The van der Waals surface area contributed by atoms with Crippen molar-refractivity contribution in [3.63, 3.8) is 0 Å². The summed E-state index contributed by atoms with van der Waals surface area (Å²) in [5.74, 6) is 0.243. The Kier molecular flexibility index (Phi) is 7.29. The van der Waals surface area contributed by atoms with E-state index in [-0.39, 0.29) is 19.6 Å². The van der Waals surface area contributed by atoms with Gasteiger partial charge in [-0.3, -0.25) is 4.79 Å². The topological polar surface area (TPSA) is 90.7 Å². The number of aryl methyl sites for hydroxylation is 1. The van der Waals surface area contributed by atoms with Gasteiger partial charge in [-0.15, -0.1) is 0 Å². The van der Waals surface area contributed by atoms with Crippen molar-refractivity contribution in [2.75, 3.05) is 13.2 Å². The zero-order chi connectivity index (χ0) is 18.9. The smallest absolute Gasteiger partial charge is 0.312 e. The molecule has 2 aromatic rings. The maximum Gasteiger partial charge on any atom is 0.312 e. The number of hydrogen-bond donors (Lipinski definition) is 2. The fourth-order valence-electron chi connectivity index (χ4n) is 2.29. The zero-order valence-corrected chi connectivity index (χ0v) is 15.2. The fourth-order valence-corrected chi connectivity index (χ4v) is 2.42. The van der Waals surface area contributed by atoms with Crippen molar-refractivity contribution in [1.82, 2.24) is 5.32 Å². The zero-order valence-electron chi connectivity index (χ0n) is 14.4. The number of benzene rings is 2. The Balaban J connectivity index is 1.81. The molecule has 1 atom stereocenters. The molecule has 0 radical (unpaired) electrons. The quantitative estimate of drug-likeness (QED) is 0.546. The highest BCUT2D eigenvalue weighted by Crippen LogP contribution is 2.20. The molecule has 3 N–H and O–H groups in total. The molecule has 2 amide bonds. The Morgan fingerprint density at radius 1 is 1.08 bits per heavy atom. The lowest BCUT2D eigenvalue weighted by Gasteiger charge is -2.17. The standard InChI is InChI=1S/C19H21ClN2O4/c1-13-2-8-16(9-3-13)25-10-11-26-18(23)12-17(22-19(21)24)14-4-6-15(20)7-5-14/h2-9,17H,10-12H2,1H3,(H3,21,22,24)/t17-/m0/s1. The van der Waals surface area contributed by atoms with Gasteiger partial charge in [0.15, 0.2) is 0 Å². The number of esters is 1. The molecule has 0 heterocycles. The van der Waals surface area contributed by atoms with Gasteiger partial charge in [0.1, 0.15) is 19.0 Å². The average Bonchev–Trinajstić information content (AvgIpc) is 2.60. The maximum atomic E-state index is 12.0. The highest BCUT2D eigenvalue weighted by atomic mass is 35.5. The Hall–Kier alpha value is -2.73. The van der Waals surface area contributed by atoms with Gasteiger partial charge in [-0.05, 0) is 36.8 Å². The molecular weight excluding hydrogens is 356 g/mol. The van der Waals surface area contributed by atoms with Crippen LogP contribution in [0.25, 0.3) is 0 Å². The van der Waals surface area contributed by atoms with Crippen molar-refractivity contribution >= 4 is 23.6 Å². The lowest BCUT2D eigenvalue weighted by Crippen LogP contribution is -2.34. The van der Waals surface area contributed by atoms with Gasteiger partial charge >= 0.3 is 12.0 Å². The summed E-state index contributed by atoms with van der Waals surface area (Å²) >= 11 is 5.85. The first kappa shape index (κ1) is 19.6. The SMILES string of the molecule is Cc1ccc(OCCOC(=O)C[C@H](NC(N)=O)c2ccc(Cl)cc2)cc1. The van der Waals surface area contributed by atoms with E-state index < -0.39 is 18.0 Å². The summed E-state index contributed by atoms with van der Waals surface area (Å²) in [7, 11) is 0. The number of hydrogen-bond acceptors (Lipinski definition) is 4. The van der Waals surface area contributed by atoms with Crippen LogP contribution in [0.5, 0.6) is 5.75 Å². The Bertz CT molecular complexity index is 732. The third-order valence-electron chi connectivity index (χ3n) is 3.60. The van der Waals surface area contributed by atoms with E-state index in [1.165, 1.54) is 0 Å². The molecule has 0 saturated carbocycles. The number of nitrogens with two attached hydrogens (primary N) is 1. The summed E-state index contributed by atoms with van der Waals surface area (Å²) in [4.78, 5) is 23.2. The van der Waals surface area contributed by atoms with Crippen molar-refractivity contribution in [2.45, 2.75) is 19.4 Å². The minimum absolute atomic E-state index is 0.0465. The highest BCUT2D eigenvalue weighted by molar-refractivity contribution is 6.30. The molecule has 138 valence electrons. The van der Waals surface area contributed by atoms with Gasteiger partial charge in [0.2, 0.25) is 0 Å². The Morgan fingerprint density at radius 2 is 1.73 bits per heavy atom. The van der Waals surface area contributed by atoms with E-state index in [0.29, 0.717) is 16.3 Å². The van der Waals surface area contributed by atoms with Gasteiger partial charge in [0.05, 0.1) is 12.5 Å². The molecule has 0 unspecified atom stereocenters. The minimum Gasteiger partial charge on any atom is -0.490 e. The highest BCUT2D eigenvalue weighted by Gasteiger charge is 2.18. The number of carbonyl (C=O) groups is 2. The predicted molar refractivity (Wildman–Crippen MR) is 99.2 cm³/mol. The van der Waals surface area contributed by atoms with E-state index in [1.54, 1.807) is 24.3 Å². The average molecular weight is 377 g/mol. The van der Waals surface area contributed by atoms with Crippen LogP contribution in [0.15, 0.2) is 48.5 Å².